The van der Waals surface area contributed by atoms with Gasteiger partial charge < -0.3 is 25.7 Å². The van der Waals surface area contributed by atoms with Gasteiger partial charge in [0.15, 0.2) is 0 Å². The molecular weight excluding hydrogens is 484 g/mol. The Morgan fingerprint density at radius 1 is 1.05 bits per heavy atom. The lowest BCUT2D eigenvalue weighted by atomic mass is 10.0. The van der Waals surface area contributed by atoms with Crippen LogP contribution in [0.2, 0.25) is 0 Å². The van der Waals surface area contributed by atoms with E-state index in [9.17, 15) is 0 Å². The number of anilines is 1. The number of benzene rings is 2. The van der Waals surface area contributed by atoms with Crippen molar-refractivity contribution < 1.29 is 4.74 Å². The van der Waals surface area contributed by atoms with Crippen LogP contribution in [0.1, 0.15) is 49.3 Å². The lowest BCUT2D eigenvalue weighted by molar-refractivity contribution is 0.434. The van der Waals surface area contributed by atoms with Crippen LogP contribution in [0.5, 0.6) is 11.5 Å². The van der Waals surface area contributed by atoms with Crippen molar-refractivity contribution in [1.29, 1.82) is 0 Å². The smallest absolute Gasteiger partial charge is 0.146 e. The molecule has 2 heterocycles. The maximum absolute atomic E-state index is 6.16. The predicted octanol–water partition coefficient (Wildman–Crippen LogP) is 5.74. The molecule has 0 aliphatic heterocycles. The highest BCUT2D eigenvalue weighted by atomic mass is 16.5. The maximum atomic E-state index is 6.16. The van der Waals surface area contributed by atoms with Gasteiger partial charge in [0.2, 0.25) is 0 Å². The number of nitrogen functional groups attached to an aromatic ring is 1. The molecule has 4 N–H and O–H groups in total. The van der Waals surface area contributed by atoms with E-state index >= 15 is 0 Å². The van der Waals surface area contributed by atoms with Crippen LogP contribution in [0.3, 0.4) is 0 Å². The van der Waals surface area contributed by atoms with Crippen LogP contribution in [-0.4, -0.2) is 40.2 Å². The second-order valence-electron chi connectivity index (χ2n) is 11.0. The Morgan fingerprint density at radius 3 is 2.79 bits per heavy atom. The highest BCUT2D eigenvalue weighted by Crippen LogP contribution is 2.61. The zero-order valence-corrected chi connectivity index (χ0v) is 22.5. The summed E-state index contributed by atoms with van der Waals surface area (Å²) >= 11 is 0. The standard InChI is InChI=1S/C32H38N6O/c1-2-24-21-38(31-29(24)30(33)36-22-37-31)25-12-14-32(19-25)20-28(32)35-16-7-15-34-17-13-23-8-6-11-27(18-23)39-26-9-4-3-5-10-26/h2-6,8-11,18,21-22,25,28,34-35H,1,7,12-17,19-20H2,(H2,33,36,37)/t25-,28?,32?/m0/s1. The Labute approximate surface area is 230 Å². The minimum Gasteiger partial charge on any atom is -0.457 e. The Morgan fingerprint density at radius 2 is 1.92 bits per heavy atom. The molecule has 2 saturated carbocycles. The van der Waals surface area contributed by atoms with Crippen LogP contribution in [0.4, 0.5) is 5.82 Å². The molecule has 2 aliphatic rings. The van der Waals surface area contributed by atoms with Gasteiger partial charge in [0.1, 0.15) is 29.3 Å². The van der Waals surface area contributed by atoms with Crippen molar-refractivity contribution in [2.45, 2.75) is 50.6 Å². The summed E-state index contributed by atoms with van der Waals surface area (Å²) < 4.78 is 8.28. The van der Waals surface area contributed by atoms with Gasteiger partial charge in [0.05, 0.1) is 5.39 Å². The normalized spacial score (nSPS) is 21.9. The van der Waals surface area contributed by atoms with Crippen LogP contribution in [0, 0.1) is 5.41 Å². The summed E-state index contributed by atoms with van der Waals surface area (Å²) in [4.78, 5) is 8.75. The van der Waals surface area contributed by atoms with Crippen molar-refractivity contribution >= 4 is 22.9 Å². The topological polar surface area (TPSA) is 90.0 Å². The molecule has 2 aromatic heterocycles. The summed E-state index contributed by atoms with van der Waals surface area (Å²) in [5.74, 6) is 2.29. The maximum Gasteiger partial charge on any atom is 0.146 e. The zero-order valence-electron chi connectivity index (χ0n) is 22.5. The number of nitrogens with two attached hydrogens (primary N) is 1. The predicted molar refractivity (Wildman–Crippen MR) is 158 cm³/mol. The summed E-state index contributed by atoms with van der Waals surface area (Å²) in [7, 11) is 0. The lowest BCUT2D eigenvalue weighted by Crippen LogP contribution is -2.27. The number of hydrogen-bond acceptors (Lipinski definition) is 6. The summed E-state index contributed by atoms with van der Waals surface area (Å²) in [6.07, 6.45) is 12.6. The fourth-order valence-corrected chi connectivity index (χ4v) is 6.31. The summed E-state index contributed by atoms with van der Waals surface area (Å²) in [6, 6.07) is 19.4. The van der Waals surface area contributed by atoms with Crippen molar-refractivity contribution in [1.82, 2.24) is 25.2 Å². The fourth-order valence-electron chi connectivity index (χ4n) is 6.31. The molecule has 7 nitrogen and oxygen atoms in total. The molecule has 6 rings (SSSR count). The van der Waals surface area contributed by atoms with Gasteiger partial charge in [0.25, 0.3) is 0 Å². The van der Waals surface area contributed by atoms with Crippen LogP contribution in [0.25, 0.3) is 17.1 Å². The van der Waals surface area contributed by atoms with E-state index in [1.54, 1.807) is 6.33 Å². The second kappa shape index (κ2) is 11.2. The molecule has 0 radical (unpaired) electrons. The minimum absolute atomic E-state index is 0.439. The Hall–Kier alpha value is -3.68. The van der Waals surface area contributed by atoms with E-state index in [-0.39, 0.29) is 0 Å². The first-order valence-corrected chi connectivity index (χ1v) is 14.1. The van der Waals surface area contributed by atoms with E-state index in [1.807, 2.05) is 42.5 Å². The first-order chi connectivity index (χ1) is 19.1. The molecule has 4 aromatic rings. The molecule has 0 amide bonds. The molecule has 202 valence electrons. The van der Waals surface area contributed by atoms with E-state index in [2.05, 4.69) is 56.1 Å². The highest BCUT2D eigenvalue weighted by molar-refractivity contribution is 5.94. The van der Waals surface area contributed by atoms with E-state index in [4.69, 9.17) is 10.5 Å². The van der Waals surface area contributed by atoms with Gasteiger partial charge in [0, 0.05) is 23.8 Å². The number of nitrogens with zero attached hydrogens (tertiary/aromatic N) is 3. The molecule has 2 fully saturated rings. The lowest BCUT2D eigenvalue weighted by Gasteiger charge is -2.15. The van der Waals surface area contributed by atoms with Gasteiger partial charge in [-0.25, -0.2) is 9.97 Å². The molecule has 2 aliphatic carbocycles. The average molecular weight is 523 g/mol. The zero-order chi connectivity index (χ0) is 26.7. The Bertz CT molecular complexity index is 1430. The van der Waals surface area contributed by atoms with Crippen molar-refractivity contribution in [2.24, 2.45) is 5.41 Å². The first kappa shape index (κ1) is 25.6. The molecule has 39 heavy (non-hydrogen) atoms. The van der Waals surface area contributed by atoms with E-state index in [0.29, 0.717) is 23.3 Å². The summed E-state index contributed by atoms with van der Waals surface area (Å²) in [5.41, 5.74) is 9.84. The van der Waals surface area contributed by atoms with Crippen LogP contribution in [0.15, 0.2) is 73.7 Å². The van der Waals surface area contributed by atoms with Crippen molar-refractivity contribution in [3.63, 3.8) is 0 Å². The first-order valence-electron chi connectivity index (χ1n) is 14.1. The Kier molecular flexibility index (Phi) is 7.35. The van der Waals surface area contributed by atoms with Gasteiger partial charge in [-0.15, -0.1) is 0 Å². The number of fused-ring (bicyclic) bond motifs is 1. The third-order valence-corrected chi connectivity index (χ3v) is 8.48. The van der Waals surface area contributed by atoms with Crippen LogP contribution in [-0.2, 0) is 6.42 Å². The van der Waals surface area contributed by atoms with E-state index < -0.39 is 0 Å². The molecular formula is C32H38N6O. The van der Waals surface area contributed by atoms with Crippen molar-refractivity contribution in [3.05, 3.63) is 84.8 Å². The molecule has 3 atom stereocenters. The SMILES string of the molecule is C=Cc1cn([C@H]2CCC3(CC3NCCCNCCc3cccc(Oc4ccccc4)c3)C2)c2ncnc(N)c12. The number of aromatic nitrogens is 3. The average Bonchev–Trinajstić information content (AvgIpc) is 3.26. The number of ether oxygens (including phenoxy) is 1. The van der Waals surface area contributed by atoms with Gasteiger partial charge in [-0.1, -0.05) is 43.0 Å². The van der Waals surface area contributed by atoms with Gasteiger partial charge in [-0.3, -0.25) is 0 Å². The number of rotatable bonds is 12. The van der Waals surface area contributed by atoms with Gasteiger partial charge in [-0.2, -0.15) is 0 Å². The largest absolute Gasteiger partial charge is 0.457 e. The highest BCUT2D eigenvalue weighted by Gasteiger charge is 2.57. The van der Waals surface area contributed by atoms with Gasteiger partial charge in [-0.05, 0) is 93.4 Å². The number of nitrogens with one attached hydrogen (secondary N) is 2. The number of hydrogen-bond donors (Lipinski definition) is 3. The van der Waals surface area contributed by atoms with E-state index in [1.165, 1.54) is 31.2 Å². The molecule has 0 bridgehead atoms. The molecule has 1 spiro atoms. The Balaban J connectivity index is 0.909. The van der Waals surface area contributed by atoms with Crippen molar-refractivity contribution in [3.8, 4) is 11.5 Å². The second-order valence-corrected chi connectivity index (χ2v) is 11.0. The quantitative estimate of drug-likeness (QED) is 0.206. The third-order valence-electron chi connectivity index (χ3n) is 8.48. The summed E-state index contributed by atoms with van der Waals surface area (Å²) in [6.45, 7) is 7.01. The molecule has 2 unspecified atom stereocenters. The number of para-hydroxylation sites is 1. The van der Waals surface area contributed by atoms with Crippen molar-refractivity contribution in [2.75, 3.05) is 25.4 Å². The van der Waals surface area contributed by atoms with E-state index in [0.717, 1.165) is 60.6 Å². The fraction of sp³-hybridized carbons (Fsp3) is 0.375. The van der Waals surface area contributed by atoms with Crippen LogP contribution < -0.4 is 21.1 Å². The van der Waals surface area contributed by atoms with Gasteiger partial charge >= 0.3 is 0 Å². The summed E-state index contributed by atoms with van der Waals surface area (Å²) in [5, 5.41) is 8.37. The minimum atomic E-state index is 0.439. The monoisotopic (exact) mass is 522 g/mol. The molecule has 7 heteroatoms. The third kappa shape index (κ3) is 5.56. The van der Waals surface area contributed by atoms with Crippen LogP contribution >= 0.6 is 0 Å². The molecule has 2 aromatic carbocycles. The molecule has 0 saturated heterocycles.